The maximum atomic E-state index is 13.4. The van der Waals surface area contributed by atoms with Crippen molar-refractivity contribution in [2.45, 2.75) is 0 Å². The number of aldehydes is 1. The molecule has 17 heavy (non-hydrogen) atoms. The van der Waals surface area contributed by atoms with Gasteiger partial charge in [0.25, 0.3) is 0 Å². The number of carbonyl (C=O) groups is 1. The van der Waals surface area contributed by atoms with Gasteiger partial charge in [0.15, 0.2) is 17.9 Å². The number of benzene rings is 1. The third-order valence-corrected chi connectivity index (χ3v) is 2.24. The van der Waals surface area contributed by atoms with Crippen LogP contribution < -0.4 is 4.74 Å². The Balaban J connectivity index is 2.22. The molecule has 0 spiro atoms. The molecule has 0 bridgehead atoms. The van der Waals surface area contributed by atoms with Gasteiger partial charge in [-0.05, 0) is 30.3 Å². The average Bonchev–Trinajstić information content (AvgIpc) is 2.34. The van der Waals surface area contributed by atoms with Gasteiger partial charge in [0.1, 0.15) is 11.4 Å². The molecule has 0 N–H and O–H groups in total. The Hall–Kier alpha value is -1.94. The highest BCUT2D eigenvalue weighted by molar-refractivity contribution is 6.30. The lowest BCUT2D eigenvalue weighted by Gasteiger charge is -2.06. The average molecular weight is 252 g/mol. The van der Waals surface area contributed by atoms with Crippen molar-refractivity contribution in [1.29, 1.82) is 0 Å². The van der Waals surface area contributed by atoms with Crippen LogP contribution in [0.3, 0.4) is 0 Å². The van der Waals surface area contributed by atoms with Crippen molar-refractivity contribution in [3.63, 3.8) is 0 Å². The smallest absolute Gasteiger partial charge is 0.168 e. The molecule has 1 aromatic carbocycles. The zero-order valence-electron chi connectivity index (χ0n) is 8.56. The van der Waals surface area contributed by atoms with E-state index in [0.717, 1.165) is 6.07 Å². The van der Waals surface area contributed by atoms with Gasteiger partial charge in [-0.25, -0.2) is 9.37 Å². The Labute approximate surface area is 102 Å². The van der Waals surface area contributed by atoms with Crippen LogP contribution in [0.1, 0.15) is 10.5 Å². The van der Waals surface area contributed by atoms with Crippen LogP contribution in [0.4, 0.5) is 4.39 Å². The van der Waals surface area contributed by atoms with E-state index in [2.05, 4.69) is 4.98 Å². The quantitative estimate of drug-likeness (QED) is 0.784. The second-order valence-electron chi connectivity index (χ2n) is 3.21. The van der Waals surface area contributed by atoms with Gasteiger partial charge in [-0.15, -0.1) is 0 Å². The number of hydrogen-bond donors (Lipinski definition) is 0. The van der Waals surface area contributed by atoms with Crippen molar-refractivity contribution < 1.29 is 13.9 Å². The van der Waals surface area contributed by atoms with Crippen molar-refractivity contribution >= 4 is 17.9 Å². The van der Waals surface area contributed by atoms with Crippen LogP contribution in [0, 0.1) is 5.82 Å². The Morgan fingerprint density at radius 2 is 2.12 bits per heavy atom. The summed E-state index contributed by atoms with van der Waals surface area (Å²) in [5.74, 6) is -0.163. The molecule has 0 fully saturated rings. The van der Waals surface area contributed by atoms with Crippen molar-refractivity contribution in [3.8, 4) is 11.5 Å². The molecular formula is C12H7ClFNO2. The monoisotopic (exact) mass is 251 g/mol. The first-order chi connectivity index (χ1) is 8.19. The molecule has 0 radical (unpaired) electrons. The lowest BCUT2D eigenvalue weighted by atomic mass is 10.3. The molecule has 2 aromatic rings. The van der Waals surface area contributed by atoms with Crippen LogP contribution in [-0.4, -0.2) is 11.3 Å². The maximum Gasteiger partial charge on any atom is 0.168 e. The summed E-state index contributed by atoms with van der Waals surface area (Å²) < 4.78 is 18.6. The fourth-order valence-electron chi connectivity index (χ4n) is 1.21. The van der Waals surface area contributed by atoms with Crippen LogP contribution in [0.15, 0.2) is 36.5 Å². The molecule has 0 aliphatic heterocycles. The van der Waals surface area contributed by atoms with Gasteiger partial charge in [-0.1, -0.05) is 11.6 Å². The Morgan fingerprint density at radius 1 is 1.29 bits per heavy atom. The van der Waals surface area contributed by atoms with Gasteiger partial charge in [-0.2, -0.15) is 0 Å². The van der Waals surface area contributed by atoms with E-state index >= 15 is 0 Å². The number of ether oxygens (including phenoxy) is 1. The van der Waals surface area contributed by atoms with Crippen LogP contribution in [0.2, 0.25) is 5.02 Å². The second-order valence-corrected chi connectivity index (χ2v) is 3.65. The molecule has 3 nitrogen and oxygen atoms in total. The SMILES string of the molecule is O=Cc1ccc(Oc2ccc(Cl)cc2F)cn1. The largest absolute Gasteiger partial charge is 0.453 e. The molecule has 0 saturated heterocycles. The summed E-state index contributed by atoms with van der Waals surface area (Å²) in [4.78, 5) is 14.2. The maximum absolute atomic E-state index is 13.4. The zero-order chi connectivity index (χ0) is 12.3. The molecule has 0 saturated carbocycles. The molecule has 1 heterocycles. The van der Waals surface area contributed by atoms with E-state index in [4.69, 9.17) is 16.3 Å². The highest BCUT2D eigenvalue weighted by atomic mass is 35.5. The minimum absolute atomic E-state index is 0.0510. The van der Waals surface area contributed by atoms with E-state index in [1.165, 1.54) is 30.5 Å². The first kappa shape index (κ1) is 11.5. The fourth-order valence-corrected chi connectivity index (χ4v) is 1.37. The van der Waals surface area contributed by atoms with Crippen molar-refractivity contribution in [2.24, 2.45) is 0 Å². The third kappa shape index (κ3) is 2.79. The van der Waals surface area contributed by atoms with E-state index < -0.39 is 5.82 Å². The number of rotatable bonds is 3. The number of carbonyl (C=O) groups excluding carboxylic acids is 1. The molecule has 0 atom stereocenters. The van der Waals surface area contributed by atoms with Crippen LogP contribution in [0.5, 0.6) is 11.5 Å². The van der Waals surface area contributed by atoms with Gasteiger partial charge < -0.3 is 4.74 Å². The standard InChI is InChI=1S/C12H7ClFNO2/c13-8-1-4-12(11(14)5-8)17-10-3-2-9(7-16)15-6-10/h1-7H. The Morgan fingerprint density at radius 3 is 2.71 bits per heavy atom. The number of halogens is 2. The van der Waals surface area contributed by atoms with Gasteiger partial charge in [-0.3, -0.25) is 4.79 Å². The van der Waals surface area contributed by atoms with Gasteiger partial charge in [0.05, 0.1) is 6.20 Å². The van der Waals surface area contributed by atoms with Gasteiger partial charge in [0.2, 0.25) is 0 Å². The summed E-state index contributed by atoms with van der Waals surface area (Å²) in [6.07, 6.45) is 1.96. The summed E-state index contributed by atoms with van der Waals surface area (Å²) in [5, 5.41) is 0.296. The number of nitrogens with zero attached hydrogens (tertiary/aromatic N) is 1. The zero-order valence-corrected chi connectivity index (χ0v) is 9.32. The van der Waals surface area contributed by atoms with Gasteiger partial charge >= 0.3 is 0 Å². The summed E-state index contributed by atoms with van der Waals surface area (Å²) in [6.45, 7) is 0. The summed E-state index contributed by atoms with van der Waals surface area (Å²) in [5.41, 5.74) is 0.286. The first-order valence-corrected chi connectivity index (χ1v) is 5.11. The predicted molar refractivity (Wildman–Crippen MR) is 61.1 cm³/mol. The van der Waals surface area contributed by atoms with E-state index in [0.29, 0.717) is 17.1 Å². The molecular weight excluding hydrogens is 245 g/mol. The molecule has 2 rings (SSSR count). The molecule has 0 amide bonds. The topological polar surface area (TPSA) is 39.2 Å². The summed E-state index contributed by atoms with van der Waals surface area (Å²) in [7, 11) is 0. The highest BCUT2D eigenvalue weighted by Gasteiger charge is 2.05. The van der Waals surface area contributed by atoms with E-state index in [1.807, 2.05) is 0 Å². The van der Waals surface area contributed by atoms with Crippen molar-refractivity contribution in [3.05, 3.63) is 53.1 Å². The highest BCUT2D eigenvalue weighted by Crippen LogP contribution is 2.26. The third-order valence-electron chi connectivity index (χ3n) is 2.00. The molecule has 0 aliphatic carbocycles. The normalized spacial score (nSPS) is 10.0. The summed E-state index contributed by atoms with van der Waals surface area (Å²) >= 11 is 5.61. The predicted octanol–water partition coefficient (Wildman–Crippen LogP) is 3.48. The van der Waals surface area contributed by atoms with Crippen LogP contribution in [0.25, 0.3) is 0 Å². The van der Waals surface area contributed by atoms with Crippen LogP contribution >= 0.6 is 11.6 Å². The van der Waals surface area contributed by atoms with E-state index in [-0.39, 0.29) is 11.4 Å². The Bertz CT molecular complexity index is 543. The minimum Gasteiger partial charge on any atom is -0.453 e. The lowest BCUT2D eigenvalue weighted by Crippen LogP contribution is -1.91. The van der Waals surface area contributed by atoms with E-state index in [1.54, 1.807) is 0 Å². The van der Waals surface area contributed by atoms with Crippen molar-refractivity contribution in [2.75, 3.05) is 0 Å². The number of hydrogen-bond acceptors (Lipinski definition) is 3. The molecule has 0 aliphatic rings. The fraction of sp³-hybridized carbons (Fsp3) is 0. The number of aromatic nitrogens is 1. The van der Waals surface area contributed by atoms with E-state index in [9.17, 15) is 9.18 Å². The Kier molecular flexibility index (Phi) is 3.35. The number of pyridine rings is 1. The lowest BCUT2D eigenvalue weighted by molar-refractivity contribution is 0.111. The molecule has 0 unspecified atom stereocenters. The first-order valence-electron chi connectivity index (χ1n) is 4.73. The summed E-state index contributed by atoms with van der Waals surface area (Å²) in [6, 6.07) is 7.11. The van der Waals surface area contributed by atoms with Crippen molar-refractivity contribution in [1.82, 2.24) is 4.98 Å². The minimum atomic E-state index is -0.558. The molecule has 86 valence electrons. The molecule has 5 heteroatoms. The second kappa shape index (κ2) is 4.93. The van der Waals surface area contributed by atoms with Crippen LogP contribution in [-0.2, 0) is 0 Å². The van der Waals surface area contributed by atoms with Gasteiger partial charge in [0, 0.05) is 5.02 Å². The molecule has 1 aromatic heterocycles.